The number of ether oxygens (including phenoxy) is 1. The number of hydrogen-bond acceptors (Lipinski definition) is 4. The van der Waals surface area contributed by atoms with Crippen molar-refractivity contribution in [3.8, 4) is 28.3 Å². The highest BCUT2D eigenvalue weighted by molar-refractivity contribution is 5.85. The maximum Gasteiger partial charge on any atom is 0.161 e. The van der Waals surface area contributed by atoms with Crippen LogP contribution in [-0.4, -0.2) is 22.1 Å². The number of methoxy groups -OCH3 is 1. The number of hydrogen-bond donors (Lipinski definition) is 0. The van der Waals surface area contributed by atoms with E-state index in [2.05, 4.69) is 33.2 Å². The quantitative estimate of drug-likeness (QED) is 0.563. The largest absolute Gasteiger partial charge is 0.497 e. The summed E-state index contributed by atoms with van der Waals surface area (Å²) in [6, 6.07) is 18.0. The molecule has 116 valence electrons. The molecule has 0 fully saturated rings. The second-order valence-electron chi connectivity index (χ2n) is 5.44. The van der Waals surface area contributed by atoms with Crippen molar-refractivity contribution in [2.24, 2.45) is 0 Å². The topological polar surface area (TPSA) is 47.9 Å². The normalized spacial score (nSPS) is 10.7. The zero-order chi connectivity index (χ0) is 16.4. The van der Waals surface area contributed by atoms with Crippen molar-refractivity contribution in [1.82, 2.24) is 15.0 Å². The Kier molecular flexibility index (Phi) is 3.63. The second-order valence-corrected chi connectivity index (χ2v) is 5.44. The second kappa shape index (κ2) is 6.08. The zero-order valence-corrected chi connectivity index (χ0v) is 13.2. The Morgan fingerprint density at radius 2 is 1.71 bits per heavy atom. The van der Waals surface area contributed by atoms with E-state index in [0.29, 0.717) is 5.82 Å². The molecule has 0 spiro atoms. The van der Waals surface area contributed by atoms with Gasteiger partial charge in [0.25, 0.3) is 0 Å². The van der Waals surface area contributed by atoms with Crippen molar-refractivity contribution in [3.63, 3.8) is 0 Å². The van der Waals surface area contributed by atoms with E-state index in [1.54, 1.807) is 19.5 Å². The predicted molar refractivity (Wildman–Crippen MR) is 94.8 cm³/mol. The van der Waals surface area contributed by atoms with Gasteiger partial charge < -0.3 is 4.74 Å². The lowest BCUT2D eigenvalue weighted by molar-refractivity contribution is 0.415. The van der Waals surface area contributed by atoms with Gasteiger partial charge in [0.2, 0.25) is 0 Å². The van der Waals surface area contributed by atoms with Gasteiger partial charge in [-0.3, -0.25) is 4.98 Å². The van der Waals surface area contributed by atoms with Gasteiger partial charge in [-0.1, -0.05) is 18.2 Å². The van der Waals surface area contributed by atoms with Gasteiger partial charge in [0.1, 0.15) is 5.75 Å². The number of benzene rings is 2. The van der Waals surface area contributed by atoms with Gasteiger partial charge in [-0.25, -0.2) is 9.97 Å². The van der Waals surface area contributed by atoms with Crippen molar-refractivity contribution in [2.75, 3.05) is 7.11 Å². The standard InChI is InChI=1S/C20H15N3O/c1-24-18-6-2-4-14(11-18)15-7-8-19-17(10-15)13-22-20(23-19)16-5-3-9-21-12-16/h2-13H,1H3. The van der Waals surface area contributed by atoms with E-state index >= 15 is 0 Å². The van der Waals surface area contributed by atoms with Crippen LogP contribution in [0.4, 0.5) is 0 Å². The third-order valence-corrected chi connectivity index (χ3v) is 3.90. The molecule has 2 aromatic carbocycles. The van der Waals surface area contributed by atoms with Crippen molar-refractivity contribution >= 4 is 10.9 Å². The first-order valence-corrected chi connectivity index (χ1v) is 7.65. The molecule has 0 aliphatic heterocycles. The summed E-state index contributed by atoms with van der Waals surface area (Å²) in [5.41, 5.74) is 4.04. The number of pyridine rings is 1. The lowest BCUT2D eigenvalue weighted by Crippen LogP contribution is -1.91. The molecule has 2 aromatic heterocycles. The van der Waals surface area contributed by atoms with Crippen molar-refractivity contribution in [3.05, 3.63) is 73.2 Å². The highest BCUT2D eigenvalue weighted by Gasteiger charge is 2.05. The Morgan fingerprint density at radius 3 is 2.54 bits per heavy atom. The fraction of sp³-hybridized carbons (Fsp3) is 0.0500. The Labute approximate surface area is 139 Å². The van der Waals surface area contributed by atoms with E-state index in [9.17, 15) is 0 Å². The summed E-state index contributed by atoms with van der Waals surface area (Å²) < 4.78 is 5.30. The third kappa shape index (κ3) is 2.70. The van der Waals surface area contributed by atoms with Crippen molar-refractivity contribution in [2.45, 2.75) is 0 Å². The number of aromatic nitrogens is 3. The van der Waals surface area contributed by atoms with E-state index in [0.717, 1.165) is 33.3 Å². The molecule has 0 atom stereocenters. The molecule has 0 aliphatic rings. The summed E-state index contributed by atoms with van der Waals surface area (Å²) in [5, 5.41) is 1.00. The van der Waals surface area contributed by atoms with E-state index in [1.807, 2.05) is 42.6 Å². The smallest absolute Gasteiger partial charge is 0.161 e. The van der Waals surface area contributed by atoms with Gasteiger partial charge in [0.15, 0.2) is 5.82 Å². The molecule has 0 bridgehead atoms. The summed E-state index contributed by atoms with van der Waals surface area (Å²) in [4.78, 5) is 13.2. The van der Waals surface area contributed by atoms with Gasteiger partial charge in [0, 0.05) is 29.5 Å². The average molecular weight is 313 g/mol. The summed E-state index contributed by atoms with van der Waals surface area (Å²) in [5.74, 6) is 1.53. The van der Waals surface area contributed by atoms with Crippen LogP contribution in [0.15, 0.2) is 73.2 Å². The first-order valence-electron chi connectivity index (χ1n) is 7.65. The summed E-state index contributed by atoms with van der Waals surface area (Å²) in [7, 11) is 1.67. The molecule has 0 saturated carbocycles. The molecule has 0 radical (unpaired) electrons. The molecule has 4 nitrogen and oxygen atoms in total. The maximum absolute atomic E-state index is 5.30. The third-order valence-electron chi connectivity index (χ3n) is 3.90. The SMILES string of the molecule is COc1cccc(-c2ccc3nc(-c4cccnc4)ncc3c2)c1. The van der Waals surface area contributed by atoms with Crippen LogP contribution in [0.3, 0.4) is 0 Å². The van der Waals surface area contributed by atoms with Crippen LogP contribution in [-0.2, 0) is 0 Å². The van der Waals surface area contributed by atoms with Gasteiger partial charge in [-0.2, -0.15) is 0 Å². The maximum atomic E-state index is 5.30. The zero-order valence-electron chi connectivity index (χ0n) is 13.2. The molecule has 4 heteroatoms. The molecule has 0 N–H and O–H groups in total. The van der Waals surface area contributed by atoms with Gasteiger partial charge >= 0.3 is 0 Å². The molecule has 0 amide bonds. The van der Waals surface area contributed by atoms with Crippen LogP contribution >= 0.6 is 0 Å². The van der Waals surface area contributed by atoms with Crippen molar-refractivity contribution in [1.29, 1.82) is 0 Å². The number of fused-ring (bicyclic) bond motifs is 1. The minimum atomic E-state index is 0.685. The van der Waals surface area contributed by atoms with E-state index < -0.39 is 0 Å². The fourth-order valence-electron chi connectivity index (χ4n) is 2.65. The van der Waals surface area contributed by atoms with Crippen LogP contribution in [0.25, 0.3) is 33.4 Å². The van der Waals surface area contributed by atoms with Crippen molar-refractivity contribution < 1.29 is 4.74 Å². The molecule has 0 aliphatic carbocycles. The summed E-state index contributed by atoms with van der Waals surface area (Å²) in [6.07, 6.45) is 5.37. The Hall–Kier alpha value is -3.27. The predicted octanol–water partition coefficient (Wildman–Crippen LogP) is 4.37. The van der Waals surface area contributed by atoms with Gasteiger partial charge in [-0.05, 0) is 47.5 Å². The molecular formula is C20H15N3O. The molecule has 2 heterocycles. The van der Waals surface area contributed by atoms with Crippen LogP contribution < -0.4 is 4.74 Å². The van der Waals surface area contributed by atoms with Gasteiger partial charge in [0.05, 0.1) is 12.6 Å². The monoisotopic (exact) mass is 313 g/mol. The van der Waals surface area contributed by atoms with Crippen LogP contribution in [0.1, 0.15) is 0 Å². The summed E-state index contributed by atoms with van der Waals surface area (Å²) >= 11 is 0. The first kappa shape index (κ1) is 14.3. The Morgan fingerprint density at radius 1 is 0.833 bits per heavy atom. The molecule has 24 heavy (non-hydrogen) atoms. The van der Waals surface area contributed by atoms with E-state index in [-0.39, 0.29) is 0 Å². The molecular weight excluding hydrogens is 298 g/mol. The van der Waals surface area contributed by atoms with Crippen LogP contribution in [0.5, 0.6) is 5.75 Å². The highest BCUT2D eigenvalue weighted by atomic mass is 16.5. The fourth-order valence-corrected chi connectivity index (χ4v) is 2.65. The van der Waals surface area contributed by atoms with Crippen LogP contribution in [0, 0.1) is 0 Å². The van der Waals surface area contributed by atoms with E-state index in [4.69, 9.17) is 4.74 Å². The lowest BCUT2D eigenvalue weighted by atomic mass is 10.0. The minimum Gasteiger partial charge on any atom is -0.497 e. The van der Waals surface area contributed by atoms with Crippen LogP contribution in [0.2, 0.25) is 0 Å². The minimum absolute atomic E-state index is 0.685. The Bertz CT molecular complexity index is 1000. The highest BCUT2D eigenvalue weighted by Crippen LogP contribution is 2.27. The molecule has 0 unspecified atom stereocenters. The number of rotatable bonds is 3. The number of nitrogens with zero attached hydrogens (tertiary/aromatic N) is 3. The Balaban J connectivity index is 1.76. The molecule has 4 rings (SSSR count). The molecule has 4 aromatic rings. The lowest BCUT2D eigenvalue weighted by Gasteiger charge is -2.07. The average Bonchev–Trinajstić information content (AvgIpc) is 2.68. The summed E-state index contributed by atoms with van der Waals surface area (Å²) in [6.45, 7) is 0. The van der Waals surface area contributed by atoms with E-state index in [1.165, 1.54) is 0 Å². The molecule has 0 saturated heterocycles. The first-order chi connectivity index (χ1) is 11.8. The van der Waals surface area contributed by atoms with Gasteiger partial charge in [-0.15, -0.1) is 0 Å².